The zero-order valence-corrected chi connectivity index (χ0v) is 8.17. The number of rotatable bonds is 2. The largest absolute Gasteiger partial charge is 0.416 e. The fourth-order valence-corrected chi connectivity index (χ4v) is 1.32. The van der Waals surface area contributed by atoms with Gasteiger partial charge in [0.2, 0.25) is 0 Å². The molecule has 1 N–H and O–H groups in total. The van der Waals surface area contributed by atoms with Gasteiger partial charge in [-0.3, -0.25) is 0 Å². The Kier molecular flexibility index (Phi) is 3.52. The maximum atomic E-state index is 12.5. The minimum Gasteiger partial charge on any atom is -0.392 e. The van der Waals surface area contributed by atoms with Gasteiger partial charge in [-0.25, -0.2) is 0 Å². The first-order valence-corrected chi connectivity index (χ1v) is 4.41. The molecule has 0 aliphatic heterocycles. The van der Waals surface area contributed by atoms with E-state index in [1.165, 1.54) is 25.1 Å². The van der Waals surface area contributed by atoms with Crippen LogP contribution in [0.2, 0.25) is 0 Å². The molecule has 82 valence electrons. The van der Waals surface area contributed by atoms with Gasteiger partial charge in [-0.1, -0.05) is 24.3 Å². The van der Waals surface area contributed by atoms with Gasteiger partial charge in [0, 0.05) is 0 Å². The topological polar surface area (TPSA) is 20.2 Å². The third-order valence-corrected chi connectivity index (χ3v) is 2.08. The van der Waals surface area contributed by atoms with Gasteiger partial charge in [-0.05, 0) is 24.1 Å². The minimum absolute atomic E-state index is 0.176. The van der Waals surface area contributed by atoms with Crippen LogP contribution in [0.5, 0.6) is 0 Å². The van der Waals surface area contributed by atoms with E-state index in [4.69, 9.17) is 5.11 Å². The van der Waals surface area contributed by atoms with Crippen molar-refractivity contribution in [3.8, 4) is 0 Å². The molecule has 1 aromatic carbocycles. The fourth-order valence-electron chi connectivity index (χ4n) is 1.32. The zero-order chi connectivity index (χ0) is 11.5. The fraction of sp³-hybridized carbons (Fsp3) is 0.273. The minimum atomic E-state index is -4.33. The van der Waals surface area contributed by atoms with E-state index in [1.54, 1.807) is 6.07 Å². The zero-order valence-electron chi connectivity index (χ0n) is 8.17. The highest BCUT2D eigenvalue weighted by Crippen LogP contribution is 2.33. The van der Waals surface area contributed by atoms with Crippen LogP contribution in [0.1, 0.15) is 16.7 Å². The summed E-state index contributed by atoms with van der Waals surface area (Å²) in [5.74, 6) is 0. The molecule has 0 saturated heterocycles. The molecular formula is C11H11F3O. The second-order valence-electron chi connectivity index (χ2n) is 3.10. The van der Waals surface area contributed by atoms with Gasteiger partial charge in [-0.2, -0.15) is 13.2 Å². The number of halogens is 3. The molecule has 0 unspecified atom stereocenters. The second kappa shape index (κ2) is 4.49. The second-order valence-corrected chi connectivity index (χ2v) is 3.10. The van der Waals surface area contributed by atoms with Crippen molar-refractivity contribution in [2.45, 2.75) is 13.1 Å². The van der Waals surface area contributed by atoms with E-state index in [-0.39, 0.29) is 12.2 Å². The number of hydrogen-bond donors (Lipinski definition) is 1. The summed E-state index contributed by atoms with van der Waals surface area (Å²) < 4.78 is 37.4. The lowest BCUT2D eigenvalue weighted by atomic mass is 10.0. The van der Waals surface area contributed by atoms with Crippen LogP contribution in [0.25, 0.3) is 6.08 Å². The quantitative estimate of drug-likeness (QED) is 0.805. The van der Waals surface area contributed by atoms with Crippen LogP contribution in [0.4, 0.5) is 13.2 Å². The Balaban J connectivity index is 3.17. The molecule has 0 atom stereocenters. The number of aliphatic hydroxyl groups is 1. The van der Waals surface area contributed by atoms with Crippen molar-refractivity contribution in [1.29, 1.82) is 0 Å². The van der Waals surface area contributed by atoms with Crippen LogP contribution in [0.3, 0.4) is 0 Å². The number of hydrogen-bond acceptors (Lipinski definition) is 1. The lowest BCUT2D eigenvalue weighted by molar-refractivity contribution is -0.138. The molecule has 0 spiro atoms. The summed E-state index contributed by atoms with van der Waals surface area (Å²) in [6, 6.07) is 3.98. The number of benzene rings is 1. The van der Waals surface area contributed by atoms with E-state index in [0.29, 0.717) is 5.56 Å². The normalized spacial score (nSPS) is 12.3. The summed E-state index contributed by atoms with van der Waals surface area (Å²) >= 11 is 0. The number of alkyl halides is 3. The summed E-state index contributed by atoms with van der Waals surface area (Å²) in [5, 5.41) is 8.54. The highest BCUT2D eigenvalue weighted by Gasteiger charge is 2.32. The molecule has 4 heteroatoms. The molecular weight excluding hydrogens is 205 g/mol. The van der Waals surface area contributed by atoms with Gasteiger partial charge < -0.3 is 5.11 Å². The third-order valence-electron chi connectivity index (χ3n) is 2.08. The van der Waals surface area contributed by atoms with Crippen molar-refractivity contribution in [2.75, 3.05) is 6.61 Å². The molecule has 0 saturated carbocycles. The maximum Gasteiger partial charge on any atom is 0.416 e. The van der Waals surface area contributed by atoms with Gasteiger partial charge in [0.1, 0.15) is 0 Å². The van der Waals surface area contributed by atoms with Crippen LogP contribution >= 0.6 is 0 Å². The van der Waals surface area contributed by atoms with Crippen molar-refractivity contribution in [3.05, 3.63) is 41.0 Å². The van der Waals surface area contributed by atoms with E-state index in [9.17, 15) is 13.2 Å². The van der Waals surface area contributed by atoms with Crippen LogP contribution in [0, 0.1) is 6.92 Å². The Labute approximate surface area is 85.9 Å². The third kappa shape index (κ3) is 2.83. The molecule has 0 aliphatic carbocycles. The summed E-state index contributed by atoms with van der Waals surface area (Å²) in [6.07, 6.45) is -1.44. The van der Waals surface area contributed by atoms with E-state index in [2.05, 4.69) is 0 Å². The van der Waals surface area contributed by atoms with Crippen LogP contribution < -0.4 is 0 Å². The monoisotopic (exact) mass is 216 g/mol. The highest BCUT2D eigenvalue weighted by atomic mass is 19.4. The van der Waals surface area contributed by atoms with E-state index in [0.717, 1.165) is 6.07 Å². The predicted octanol–water partition coefficient (Wildman–Crippen LogP) is 3.02. The molecule has 1 nitrogen and oxygen atoms in total. The summed E-state index contributed by atoms with van der Waals surface area (Å²) in [5.41, 5.74) is 0.0103. The van der Waals surface area contributed by atoms with Crippen molar-refractivity contribution < 1.29 is 18.3 Å². The predicted molar refractivity (Wildman–Crippen MR) is 52.3 cm³/mol. The summed E-state index contributed by atoms with van der Waals surface area (Å²) in [7, 11) is 0. The van der Waals surface area contributed by atoms with Crippen molar-refractivity contribution in [1.82, 2.24) is 0 Å². The van der Waals surface area contributed by atoms with Gasteiger partial charge in [0.25, 0.3) is 0 Å². The number of aliphatic hydroxyl groups excluding tert-OH is 1. The first-order valence-electron chi connectivity index (χ1n) is 4.41. The molecule has 1 rings (SSSR count). The van der Waals surface area contributed by atoms with Gasteiger partial charge >= 0.3 is 6.18 Å². The average Bonchev–Trinajstić information content (AvgIpc) is 2.14. The molecule has 0 bridgehead atoms. The van der Waals surface area contributed by atoms with Crippen LogP contribution in [-0.2, 0) is 6.18 Å². The standard InChI is InChI=1S/C11H11F3O/c1-8-9(5-3-7-15)4-2-6-10(8)11(12,13)14/h2-6,15H,7H2,1H3. The van der Waals surface area contributed by atoms with Crippen molar-refractivity contribution in [2.24, 2.45) is 0 Å². The van der Waals surface area contributed by atoms with Gasteiger partial charge in [0.05, 0.1) is 12.2 Å². The van der Waals surface area contributed by atoms with E-state index >= 15 is 0 Å². The van der Waals surface area contributed by atoms with Crippen molar-refractivity contribution >= 4 is 6.08 Å². The van der Waals surface area contributed by atoms with Crippen LogP contribution in [0.15, 0.2) is 24.3 Å². The Morgan fingerprint density at radius 1 is 1.33 bits per heavy atom. The first-order chi connectivity index (χ1) is 6.96. The van der Waals surface area contributed by atoms with Crippen LogP contribution in [-0.4, -0.2) is 11.7 Å². The van der Waals surface area contributed by atoms with E-state index < -0.39 is 11.7 Å². The molecule has 0 fully saturated rings. The Bertz CT molecular complexity index is 367. The molecule has 0 radical (unpaired) electrons. The van der Waals surface area contributed by atoms with Crippen molar-refractivity contribution in [3.63, 3.8) is 0 Å². The molecule has 1 aromatic rings. The van der Waals surface area contributed by atoms with Gasteiger partial charge in [0.15, 0.2) is 0 Å². The molecule has 15 heavy (non-hydrogen) atoms. The Morgan fingerprint density at radius 2 is 2.00 bits per heavy atom. The Morgan fingerprint density at radius 3 is 2.53 bits per heavy atom. The molecule has 0 heterocycles. The molecule has 0 amide bonds. The lowest BCUT2D eigenvalue weighted by Gasteiger charge is -2.11. The van der Waals surface area contributed by atoms with Gasteiger partial charge in [-0.15, -0.1) is 0 Å². The molecule has 0 aromatic heterocycles. The highest BCUT2D eigenvalue weighted by molar-refractivity contribution is 5.56. The summed E-state index contributed by atoms with van der Waals surface area (Å²) in [4.78, 5) is 0. The lowest BCUT2D eigenvalue weighted by Crippen LogP contribution is -2.08. The smallest absolute Gasteiger partial charge is 0.392 e. The SMILES string of the molecule is Cc1c(C=CCO)cccc1C(F)(F)F. The van der Waals surface area contributed by atoms with E-state index in [1.807, 2.05) is 0 Å². The molecule has 0 aliphatic rings. The Hall–Kier alpha value is -1.29. The first kappa shape index (κ1) is 11.8. The maximum absolute atomic E-state index is 12.5. The average molecular weight is 216 g/mol. The summed E-state index contributed by atoms with van der Waals surface area (Å²) in [6.45, 7) is 1.23.